The van der Waals surface area contributed by atoms with Crippen LogP contribution in [0.5, 0.6) is 17.2 Å². The molecule has 0 aliphatic rings. The number of benzene rings is 2. The minimum atomic E-state index is -0.264. The summed E-state index contributed by atoms with van der Waals surface area (Å²) in [5.41, 5.74) is 3.31. The lowest BCUT2D eigenvalue weighted by molar-refractivity contribution is -0.116. The number of carbonyl (C=O) groups excluding carboxylic acids is 2. The quantitative estimate of drug-likeness (QED) is 0.212. The Kier molecular flexibility index (Phi) is 11.1. The number of methoxy groups -OCH3 is 3. The summed E-state index contributed by atoms with van der Waals surface area (Å²) in [4.78, 5) is 30.7. The maximum Gasteiger partial charge on any atom is 0.255 e. The average molecular weight is 562 g/mol. The molecule has 3 rings (SSSR count). The summed E-state index contributed by atoms with van der Waals surface area (Å²) in [7, 11) is 4.76. The first kappa shape index (κ1) is 31.5. The van der Waals surface area contributed by atoms with Crippen molar-refractivity contribution in [3.8, 4) is 17.2 Å². The Morgan fingerprint density at radius 3 is 2.20 bits per heavy atom. The molecule has 1 unspecified atom stereocenters. The van der Waals surface area contributed by atoms with Crippen molar-refractivity contribution in [2.45, 2.75) is 71.1 Å². The third-order valence-corrected chi connectivity index (χ3v) is 7.06. The third-order valence-electron chi connectivity index (χ3n) is 7.06. The summed E-state index contributed by atoms with van der Waals surface area (Å²) in [5.74, 6) is 1.15. The van der Waals surface area contributed by atoms with E-state index in [-0.39, 0.29) is 29.6 Å². The van der Waals surface area contributed by atoms with Gasteiger partial charge in [-0.05, 0) is 53.6 Å². The second kappa shape index (κ2) is 14.5. The van der Waals surface area contributed by atoms with E-state index in [0.717, 1.165) is 36.8 Å². The standard InChI is InChI=1S/C33H43N3O5/c1-8-9-10-11-22(25-13-15-28(39-5)31(41-7)30(25)40-6)21-29(37)36-27-20-23(12-14-26(27)33(2,3)4)32(38)35-24-16-18-34-19-17-24/h12-20,22H,8-11,21H2,1-7H3,(H,36,37)(H,34,35,38). The van der Waals surface area contributed by atoms with Crippen LogP contribution in [0.15, 0.2) is 54.9 Å². The van der Waals surface area contributed by atoms with Gasteiger partial charge >= 0.3 is 0 Å². The van der Waals surface area contributed by atoms with Crippen LogP contribution in [0.3, 0.4) is 0 Å². The molecule has 2 aromatic carbocycles. The van der Waals surface area contributed by atoms with Crippen molar-refractivity contribution >= 4 is 23.2 Å². The van der Waals surface area contributed by atoms with E-state index < -0.39 is 0 Å². The summed E-state index contributed by atoms with van der Waals surface area (Å²) >= 11 is 0. The molecule has 1 aromatic heterocycles. The summed E-state index contributed by atoms with van der Waals surface area (Å²) in [5, 5.41) is 6.01. The first-order chi connectivity index (χ1) is 19.6. The van der Waals surface area contributed by atoms with E-state index in [0.29, 0.717) is 34.2 Å². The first-order valence-electron chi connectivity index (χ1n) is 14.1. The number of rotatable bonds is 13. The SMILES string of the molecule is CCCCCC(CC(=O)Nc1cc(C(=O)Nc2ccncc2)ccc1C(C)(C)C)c1ccc(OC)c(OC)c1OC. The van der Waals surface area contributed by atoms with Gasteiger partial charge in [-0.15, -0.1) is 0 Å². The second-order valence-electron chi connectivity index (χ2n) is 11.1. The van der Waals surface area contributed by atoms with E-state index in [1.54, 1.807) is 58.0 Å². The number of nitrogens with zero attached hydrogens (tertiary/aromatic N) is 1. The zero-order valence-electron chi connectivity index (χ0n) is 25.3. The predicted molar refractivity (Wildman–Crippen MR) is 164 cm³/mol. The normalized spacial score (nSPS) is 11.9. The van der Waals surface area contributed by atoms with Gasteiger partial charge in [0.15, 0.2) is 11.5 Å². The average Bonchev–Trinajstić information content (AvgIpc) is 2.95. The molecule has 3 aromatic rings. The number of ether oxygens (including phenoxy) is 3. The van der Waals surface area contributed by atoms with E-state index in [4.69, 9.17) is 14.2 Å². The number of unbranched alkanes of at least 4 members (excludes halogenated alkanes) is 2. The highest BCUT2D eigenvalue weighted by molar-refractivity contribution is 6.05. The molecule has 8 heteroatoms. The zero-order valence-corrected chi connectivity index (χ0v) is 25.3. The molecular weight excluding hydrogens is 518 g/mol. The number of pyridine rings is 1. The summed E-state index contributed by atoms with van der Waals surface area (Å²) < 4.78 is 16.8. The first-order valence-corrected chi connectivity index (χ1v) is 14.1. The van der Waals surface area contributed by atoms with Gasteiger partial charge in [-0.1, -0.05) is 59.1 Å². The molecule has 41 heavy (non-hydrogen) atoms. The number of carbonyl (C=O) groups is 2. The van der Waals surface area contributed by atoms with Gasteiger partial charge in [-0.2, -0.15) is 0 Å². The molecule has 8 nitrogen and oxygen atoms in total. The molecule has 0 aliphatic carbocycles. The zero-order chi connectivity index (χ0) is 30.0. The van der Waals surface area contributed by atoms with Crippen LogP contribution >= 0.6 is 0 Å². The minimum absolute atomic E-state index is 0.104. The number of hydrogen-bond donors (Lipinski definition) is 2. The number of anilines is 2. The molecule has 0 spiro atoms. The van der Waals surface area contributed by atoms with Crippen molar-refractivity contribution in [3.05, 3.63) is 71.5 Å². The molecule has 0 fully saturated rings. The molecule has 0 radical (unpaired) electrons. The van der Waals surface area contributed by atoms with Crippen LogP contribution in [0.4, 0.5) is 11.4 Å². The summed E-state index contributed by atoms with van der Waals surface area (Å²) in [6.45, 7) is 8.40. The van der Waals surface area contributed by atoms with Crippen LogP contribution in [0.2, 0.25) is 0 Å². The Bertz CT molecular complexity index is 1320. The van der Waals surface area contributed by atoms with Crippen molar-refractivity contribution in [2.24, 2.45) is 0 Å². The van der Waals surface area contributed by atoms with E-state index in [9.17, 15) is 9.59 Å². The summed E-state index contributed by atoms with van der Waals surface area (Å²) in [6.07, 6.45) is 7.41. The van der Waals surface area contributed by atoms with Crippen molar-refractivity contribution < 1.29 is 23.8 Å². The van der Waals surface area contributed by atoms with Gasteiger partial charge in [0.25, 0.3) is 5.91 Å². The maximum absolute atomic E-state index is 13.6. The molecule has 2 N–H and O–H groups in total. The number of nitrogens with one attached hydrogen (secondary N) is 2. The predicted octanol–water partition coefficient (Wildman–Crippen LogP) is 7.35. The smallest absolute Gasteiger partial charge is 0.255 e. The van der Waals surface area contributed by atoms with E-state index in [2.05, 4.69) is 43.3 Å². The van der Waals surface area contributed by atoms with Crippen molar-refractivity contribution in [1.29, 1.82) is 0 Å². The highest BCUT2D eigenvalue weighted by atomic mass is 16.5. The number of aromatic nitrogens is 1. The molecule has 0 bridgehead atoms. The fourth-order valence-electron chi connectivity index (χ4n) is 4.96. The van der Waals surface area contributed by atoms with E-state index >= 15 is 0 Å². The van der Waals surface area contributed by atoms with Gasteiger partial charge in [0.05, 0.1) is 21.3 Å². The fraction of sp³-hybridized carbons (Fsp3) is 0.424. The minimum Gasteiger partial charge on any atom is -0.493 e. The molecule has 1 heterocycles. The Morgan fingerprint density at radius 2 is 1.59 bits per heavy atom. The van der Waals surface area contributed by atoms with Crippen LogP contribution in [-0.4, -0.2) is 38.1 Å². The lowest BCUT2D eigenvalue weighted by Crippen LogP contribution is -2.22. The summed E-state index contributed by atoms with van der Waals surface area (Å²) in [6, 6.07) is 12.7. The van der Waals surface area contributed by atoms with Crippen LogP contribution in [0.25, 0.3) is 0 Å². The Morgan fingerprint density at radius 1 is 0.878 bits per heavy atom. The van der Waals surface area contributed by atoms with Gasteiger partial charge in [-0.3, -0.25) is 14.6 Å². The molecule has 2 amide bonds. The third kappa shape index (κ3) is 8.22. The van der Waals surface area contributed by atoms with Gasteiger partial charge < -0.3 is 24.8 Å². The molecule has 0 saturated carbocycles. The van der Waals surface area contributed by atoms with E-state index in [1.165, 1.54) is 0 Å². The second-order valence-corrected chi connectivity index (χ2v) is 11.1. The molecule has 220 valence electrons. The molecule has 0 saturated heterocycles. The monoisotopic (exact) mass is 561 g/mol. The molecular formula is C33H43N3O5. The van der Waals surface area contributed by atoms with Crippen molar-refractivity contribution in [2.75, 3.05) is 32.0 Å². The number of amides is 2. The highest BCUT2D eigenvalue weighted by Crippen LogP contribution is 2.44. The van der Waals surface area contributed by atoms with E-state index in [1.807, 2.05) is 18.2 Å². The van der Waals surface area contributed by atoms with Gasteiger partial charge in [-0.25, -0.2) is 0 Å². The molecule has 1 atom stereocenters. The van der Waals surface area contributed by atoms with Gasteiger partial charge in [0, 0.05) is 41.3 Å². The Balaban J connectivity index is 1.92. The fourth-order valence-corrected chi connectivity index (χ4v) is 4.96. The van der Waals surface area contributed by atoms with Gasteiger partial charge in [0.1, 0.15) is 0 Å². The van der Waals surface area contributed by atoms with Crippen molar-refractivity contribution in [1.82, 2.24) is 4.98 Å². The Labute approximate surface area is 243 Å². The van der Waals surface area contributed by atoms with Crippen LogP contribution in [0, 0.1) is 0 Å². The Hall–Kier alpha value is -4.07. The van der Waals surface area contributed by atoms with Crippen LogP contribution < -0.4 is 24.8 Å². The lowest BCUT2D eigenvalue weighted by atomic mass is 9.84. The van der Waals surface area contributed by atoms with Crippen molar-refractivity contribution in [3.63, 3.8) is 0 Å². The number of hydrogen-bond acceptors (Lipinski definition) is 6. The topological polar surface area (TPSA) is 98.8 Å². The lowest BCUT2D eigenvalue weighted by Gasteiger charge is -2.25. The van der Waals surface area contributed by atoms with Crippen LogP contribution in [-0.2, 0) is 10.2 Å². The van der Waals surface area contributed by atoms with Gasteiger partial charge in [0.2, 0.25) is 11.7 Å². The largest absolute Gasteiger partial charge is 0.493 e. The maximum atomic E-state index is 13.6. The molecule has 0 aliphatic heterocycles. The highest BCUT2D eigenvalue weighted by Gasteiger charge is 2.26. The van der Waals surface area contributed by atoms with Crippen LogP contribution in [0.1, 0.15) is 87.2 Å².